The summed E-state index contributed by atoms with van der Waals surface area (Å²) in [5.74, 6) is -1.52. The number of hydrogen-bond acceptors (Lipinski definition) is 5. The number of anilines is 2. The van der Waals surface area contributed by atoms with Crippen molar-refractivity contribution in [2.45, 2.75) is 19.4 Å². The molecule has 0 atom stereocenters. The van der Waals surface area contributed by atoms with Crippen LogP contribution in [-0.2, 0) is 16.1 Å². The van der Waals surface area contributed by atoms with Gasteiger partial charge in [0.05, 0.1) is 28.4 Å². The summed E-state index contributed by atoms with van der Waals surface area (Å²) >= 11 is 6.40. The third-order valence-electron chi connectivity index (χ3n) is 5.78. The van der Waals surface area contributed by atoms with Gasteiger partial charge in [-0.15, -0.1) is 0 Å². The Kier molecular flexibility index (Phi) is 5.88. The minimum Gasteiger partial charge on any atom is -0.321 e. The number of carbonyl (C=O) groups is 4. The standard InChI is InChI=1S/C26H19ClN4O4/c27-20-14-17(10-12-22(20)31-25(34)18-8-4-5-9-19(18)26(31)35)28-24(33)21-11-13-23(32)30(29-21)15-16-6-2-1-3-7-16/h1-10,12,14H,11,13,15H2,(H,28,33). The first-order valence-electron chi connectivity index (χ1n) is 10.9. The fourth-order valence-corrected chi connectivity index (χ4v) is 4.29. The highest BCUT2D eigenvalue weighted by molar-refractivity contribution is 6.44. The first-order chi connectivity index (χ1) is 16.9. The zero-order valence-electron chi connectivity index (χ0n) is 18.4. The lowest BCUT2D eigenvalue weighted by molar-refractivity contribution is -0.132. The molecule has 0 saturated carbocycles. The zero-order chi connectivity index (χ0) is 24.5. The van der Waals surface area contributed by atoms with Crippen LogP contribution in [0.2, 0.25) is 5.02 Å². The van der Waals surface area contributed by atoms with Gasteiger partial charge in [0.25, 0.3) is 17.7 Å². The molecule has 0 saturated heterocycles. The summed E-state index contributed by atoms with van der Waals surface area (Å²) in [5.41, 5.74) is 2.36. The van der Waals surface area contributed by atoms with E-state index in [0.717, 1.165) is 10.5 Å². The highest BCUT2D eigenvalue weighted by Gasteiger charge is 2.37. The summed E-state index contributed by atoms with van der Waals surface area (Å²) in [5, 5.41) is 8.41. The molecule has 2 aliphatic rings. The third-order valence-corrected chi connectivity index (χ3v) is 6.09. The Bertz CT molecular complexity index is 1370. The zero-order valence-corrected chi connectivity index (χ0v) is 19.2. The molecule has 9 heteroatoms. The number of imide groups is 1. The molecule has 0 aliphatic carbocycles. The molecule has 0 radical (unpaired) electrons. The maximum absolute atomic E-state index is 12.8. The molecule has 1 N–H and O–H groups in total. The van der Waals surface area contributed by atoms with Crippen LogP contribution < -0.4 is 10.2 Å². The average molecular weight is 487 g/mol. The maximum Gasteiger partial charge on any atom is 0.271 e. The third kappa shape index (κ3) is 4.31. The van der Waals surface area contributed by atoms with E-state index in [4.69, 9.17) is 11.6 Å². The Hall–Kier alpha value is -4.30. The first-order valence-corrected chi connectivity index (χ1v) is 11.3. The molecule has 2 heterocycles. The summed E-state index contributed by atoms with van der Waals surface area (Å²) in [4.78, 5) is 51.6. The van der Waals surface area contributed by atoms with Crippen molar-refractivity contribution < 1.29 is 19.2 Å². The Balaban J connectivity index is 1.32. The van der Waals surface area contributed by atoms with E-state index >= 15 is 0 Å². The minimum atomic E-state index is -0.458. The van der Waals surface area contributed by atoms with E-state index in [0.29, 0.717) is 16.8 Å². The van der Waals surface area contributed by atoms with E-state index in [2.05, 4.69) is 10.4 Å². The fourth-order valence-electron chi connectivity index (χ4n) is 4.02. The number of hydrazone groups is 1. The highest BCUT2D eigenvalue weighted by atomic mass is 35.5. The van der Waals surface area contributed by atoms with Crippen LogP contribution in [0.25, 0.3) is 0 Å². The number of halogens is 1. The van der Waals surface area contributed by atoms with Gasteiger partial charge >= 0.3 is 0 Å². The molecule has 3 aromatic rings. The van der Waals surface area contributed by atoms with Gasteiger partial charge in [-0.1, -0.05) is 54.1 Å². The number of nitrogens with one attached hydrogen (secondary N) is 1. The molecule has 174 valence electrons. The van der Waals surface area contributed by atoms with Gasteiger partial charge in [-0.3, -0.25) is 19.2 Å². The summed E-state index contributed by atoms with van der Waals surface area (Å²) < 4.78 is 0. The second kappa shape index (κ2) is 9.15. The molecule has 35 heavy (non-hydrogen) atoms. The Morgan fingerprint density at radius 3 is 2.20 bits per heavy atom. The van der Waals surface area contributed by atoms with Crippen LogP contribution >= 0.6 is 11.6 Å². The van der Waals surface area contributed by atoms with Crippen molar-refractivity contribution in [1.82, 2.24) is 5.01 Å². The first kappa shape index (κ1) is 22.5. The molecule has 0 bridgehead atoms. The predicted octanol–water partition coefficient (Wildman–Crippen LogP) is 4.26. The van der Waals surface area contributed by atoms with E-state index in [1.807, 2.05) is 30.3 Å². The monoisotopic (exact) mass is 486 g/mol. The molecule has 0 spiro atoms. The number of hydrogen-bond donors (Lipinski definition) is 1. The number of carbonyl (C=O) groups excluding carboxylic acids is 4. The van der Waals surface area contributed by atoms with Crippen molar-refractivity contribution in [2.75, 3.05) is 10.2 Å². The maximum atomic E-state index is 12.8. The van der Waals surface area contributed by atoms with Gasteiger partial charge in [0.2, 0.25) is 5.91 Å². The smallest absolute Gasteiger partial charge is 0.271 e. The number of amides is 4. The van der Waals surface area contributed by atoms with Crippen molar-refractivity contribution in [3.8, 4) is 0 Å². The van der Waals surface area contributed by atoms with Crippen LogP contribution in [0.4, 0.5) is 11.4 Å². The van der Waals surface area contributed by atoms with E-state index in [1.165, 1.54) is 17.1 Å². The van der Waals surface area contributed by atoms with Crippen LogP contribution in [0.5, 0.6) is 0 Å². The lowest BCUT2D eigenvalue weighted by Gasteiger charge is -2.23. The van der Waals surface area contributed by atoms with E-state index in [-0.39, 0.29) is 41.7 Å². The number of benzene rings is 3. The summed E-state index contributed by atoms with van der Waals surface area (Å²) in [6, 6.07) is 20.5. The van der Waals surface area contributed by atoms with Crippen molar-refractivity contribution >= 4 is 52.3 Å². The molecule has 0 aromatic heterocycles. The van der Waals surface area contributed by atoms with E-state index in [9.17, 15) is 19.2 Å². The van der Waals surface area contributed by atoms with Gasteiger partial charge in [0, 0.05) is 18.5 Å². The lowest BCUT2D eigenvalue weighted by atomic mass is 10.1. The molecular weight excluding hydrogens is 468 g/mol. The van der Waals surface area contributed by atoms with Crippen LogP contribution in [0, 0.1) is 0 Å². The molecule has 5 rings (SSSR count). The lowest BCUT2D eigenvalue weighted by Crippen LogP contribution is -2.36. The van der Waals surface area contributed by atoms with Gasteiger partial charge in [-0.25, -0.2) is 9.91 Å². The van der Waals surface area contributed by atoms with E-state index in [1.54, 1.807) is 30.3 Å². The Morgan fingerprint density at radius 2 is 1.54 bits per heavy atom. The van der Waals surface area contributed by atoms with Crippen molar-refractivity contribution in [1.29, 1.82) is 0 Å². The second-order valence-corrected chi connectivity index (χ2v) is 8.50. The number of fused-ring (bicyclic) bond motifs is 1. The molecule has 8 nitrogen and oxygen atoms in total. The van der Waals surface area contributed by atoms with E-state index < -0.39 is 17.7 Å². The van der Waals surface area contributed by atoms with Crippen LogP contribution in [-0.4, -0.2) is 34.3 Å². The number of nitrogens with zero attached hydrogens (tertiary/aromatic N) is 3. The average Bonchev–Trinajstić information content (AvgIpc) is 3.11. The Morgan fingerprint density at radius 1 is 0.886 bits per heavy atom. The van der Waals surface area contributed by atoms with Crippen LogP contribution in [0.1, 0.15) is 39.1 Å². The van der Waals surface area contributed by atoms with Gasteiger partial charge in [0.15, 0.2) is 0 Å². The van der Waals surface area contributed by atoms with Gasteiger partial charge < -0.3 is 5.32 Å². The van der Waals surface area contributed by atoms with Crippen molar-refractivity contribution in [2.24, 2.45) is 5.10 Å². The van der Waals surface area contributed by atoms with Gasteiger partial charge in [-0.05, 0) is 35.9 Å². The second-order valence-electron chi connectivity index (χ2n) is 8.10. The highest BCUT2D eigenvalue weighted by Crippen LogP contribution is 2.34. The quantitative estimate of drug-likeness (QED) is 0.545. The summed E-state index contributed by atoms with van der Waals surface area (Å²) in [6.07, 6.45) is 0.398. The molecule has 3 aromatic carbocycles. The SMILES string of the molecule is O=C(Nc1ccc(N2C(=O)c3ccccc3C2=O)c(Cl)c1)C1=NN(Cc2ccccc2)C(=O)CC1. The van der Waals surface area contributed by atoms with Crippen molar-refractivity contribution in [3.05, 3.63) is 94.5 Å². The molecule has 2 aliphatic heterocycles. The molecule has 4 amide bonds. The summed E-state index contributed by atoms with van der Waals surface area (Å²) in [6.45, 7) is 0.275. The summed E-state index contributed by atoms with van der Waals surface area (Å²) in [7, 11) is 0. The largest absolute Gasteiger partial charge is 0.321 e. The van der Waals surface area contributed by atoms with Crippen LogP contribution in [0.3, 0.4) is 0 Å². The predicted molar refractivity (Wildman–Crippen MR) is 131 cm³/mol. The normalized spacial score (nSPS) is 15.2. The number of rotatable bonds is 5. The Labute approximate surface area is 205 Å². The van der Waals surface area contributed by atoms with Crippen molar-refractivity contribution in [3.63, 3.8) is 0 Å². The van der Waals surface area contributed by atoms with Gasteiger partial charge in [-0.2, -0.15) is 5.10 Å². The molecular formula is C26H19ClN4O4. The van der Waals surface area contributed by atoms with Crippen LogP contribution in [0.15, 0.2) is 77.9 Å². The molecule has 0 fully saturated rings. The van der Waals surface area contributed by atoms with Gasteiger partial charge in [0.1, 0.15) is 5.71 Å². The fraction of sp³-hybridized carbons (Fsp3) is 0.115. The topological polar surface area (TPSA) is 99.2 Å². The molecule has 0 unspecified atom stereocenters. The minimum absolute atomic E-state index is 0.128.